The highest BCUT2D eigenvalue weighted by Crippen LogP contribution is 2.50. The molecule has 3 heteroatoms. The van der Waals surface area contributed by atoms with E-state index in [-0.39, 0.29) is 5.41 Å². The summed E-state index contributed by atoms with van der Waals surface area (Å²) >= 11 is 0. The van der Waals surface area contributed by atoms with Crippen molar-refractivity contribution in [1.29, 1.82) is 0 Å². The zero-order valence-electron chi connectivity index (χ0n) is 10.2. The zero-order chi connectivity index (χ0) is 11.2. The highest BCUT2D eigenvalue weighted by molar-refractivity contribution is 5.85. The van der Waals surface area contributed by atoms with E-state index in [1.165, 1.54) is 6.42 Å². The molecule has 3 rings (SSSR count). The molecule has 2 atom stereocenters. The summed E-state index contributed by atoms with van der Waals surface area (Å²) in [4.78, 5) is 14.6. The molecule has 2 heterocycles. The van der Waals surface area contributed by atoms with E-state index in [0.717, 1.165) is 51.2 Å². The lowest BCUT2D eigenvalue weighted by Crippen LogP contribution is -2.49. The van der Waals surface area contributed by atoms with Crippen LogP contribution in [0, 0.1) is 11.3 Å². The van der Waals surface area contributed by atoms with Gasteiger partial charge in [0.05, 0.1) is 0 Å². The van der Waals surface area contributed by atoms with Gasteiger partial charge in [-0.25, -0.2) is 0 Å². The first-order chi connectivity index (χ1) is 7.75. The maximum absolute atomic E-state index is 12.4. The number of fused-ring (bicyclic) bond motifs is 1. The van der Waals surface area contributed by atoms with E-state index in [0.29, 0.717) is 11.9 Å². The number of amides is 1. The summed E-state index contributed by atoms with van der Waals surface area (Å²) in [5.41, 5.74) is 0.0683. The summed E-state index contributed by atoms with van der Waals surface area (Å²) in [5, 5.41) is 3.55. The summed E-state index contributed by atoms with van der Waals surface area (Å²) < 4.78 is 0. The molecule has 3 fully saturated rings. The van der Waals surface area contributed by atoms with Gasteiger partial charge in [-0.05, 0) is 44.6 Å². The Kier molecular flexibility index (Phi) is 2.46. The number of hydrogen-bond donors (Lipinski definition) is 1. The van der Waals surface area contributed by atoms with Crippen LogP contribution in [-0.4, -0.2) is 36.5 Å². The molecule has 0 aromatic carbocycles. The molecule has 0 spiro atoms. The fraction of sp³-hybridized carbons (Fsp3) is 0.923. The minimum Gasteiger partial charge on any atom is -0.342 e. The van der Waals surface area contributed by atoms with Gasteiger partial charge in [0.15, 0.2) is 0 Å². The molecule has 1 saturated carbocycles. The molecule has 2 saturated heterocycles. The van der Waals surface area contributed by atoms with E-state index in [2.05, 4.69) is 17.1 Å². The van der Waals surface area contributed by atoms with E-state index in [9.17, 15) is 4.79 Å². The topological polar surface area (TPSA) is 32.3 Å². The number of piperidine rings is 1. The molecule has 0 bridgehead atoms. The van der Waals surface area contributed by atoms with Gasteiger partial charge in [-0.3, -0.25) is 4.79 Å². The minimum atomic E-state index is 0.0683. The number of nitrogens with zero attached hydrogens (tertiary/aromatic N) is 1. The standard InChI is InChI=1S/C13H22N2O/c1-2-13(5-6-13)12(16)15-8-4-11-10(9-15)3-7-14-11/h10-11,14H,2-9H2,1H3. The van der Waals surface area contributed by atoms with E-state index in [4.69, 9.17) is 0 Å². The Bertz CT molecular complexity index is 298. The average molecular weight is 222 g/mol. The van der Waals surface area contributed by atoms with Crippen LogP contribution < -0.4 is 5.32 Å². The number of carbonyl (C=O) groups is 1. The Labute approximate surface area is 97.6 Å². The van der Waals surface area contributed by atoms with Crippen LogP contribution in [0.4, 0.5) is 0 Å². The van der Waals surface area contributed by atoms with Crippen molar-refractivity contribution in [3.8, 4) is 0 Å². The number of carbonyl (C=O) groups excluding carboxylic acids is 1. The van der Waals surface area contributed by atoms with Crippen LogP contribution in [0.2, 0.25) is 0 Å². The van der Waals surface area contributed by atoms with E-state index in [1.807, 2.05) is 0 Å². The summed E-state index contributed by atoms with van der Waals surface area (Å²) in [6, 6.07) is 0.695. The van der Waals surface area contributed by atoms with Gasteiger partial charge in [-0.1, -0.05) is 6.92 Å². The first-order valence-electron chi connectivity index (χ1n) is 6.78. The second kappa shape index (κ2) is 3.73. The van der Waals surface area contributed by atoms with Crippen LogP contribution in [0.5, 0.6) is 0 Å². The molecule has 0 radical (unpaired) electrons. The lowest BCUT2D eigenvalue weighted by atomic mass is 9.91. The quantitative estimate of drug-likeness (QED) is 0.765. The van der Waals surface area contributed by atoms with Gasteiger partial charge in [0, 0.05) is 24.5 Å². The molecule has 3 aliphatic rings. The summed E-state index contributed by atoms with van der Waals surface area (Å²) in [6.07, 6.45) is 5.72. The first kappa shape index (κ1) is 10.6. The van der Waals surface area contributed by atoms with E-state index >= 15 is 0 Å². The van der Waals surface area contributed by atoms with Gasteiger partial charge in [0.2, 0.25) is 5.91 Å². The number of rotatable bonds is 2. The first-order valence-corrected chi connectivity index (χ1v) is 6.78. The van der Waals surface area contributed by atoms with E-state index < -0.39 is 0 Å². The Morgan fingerprint density at radius 2 is 2.25 bits per heavy atom. The number of nitrogens with one attached hydrogen (secondary N) is 1. The predicted molar refractivity (Wildman–Crippen MR) is 63.1 cm³/mol. The van der Waals surface area contributed by atoms with Crippen LogP contribution in [0.1, 0.15) is 39.0 Å². The SMILES string of the molecule is CCC1(C(=O)N2CCC3NCCC3C2)CC1. The average Bonchev–Trinajstić information content (AvgIpc) is 2.98. The molecule has 2 aliphatic heterocycles. The summed E-state index contributed by atoms with van der Waals surface area (Å²) in [5.74, 6) is 1.19. The van der Waals surface area contributed by atoms with Gasteiger partial charge in [0.1, 0.15) is 0 Å². The molecule has 2 unspecified atom stereocenters. The van der Waals surface area contributed by atoms with Crippen LogP contribution in [0.3, 0.4) is 0 Å². The van der Waals surface area contributed by atoms with Crippen molar-refractivity contribution in [2.45, 2.75) is 45.1 Å². The van der Waals surface area contributed by atoms with Gasteiger partial charge >= 0.3 is 0 Å². The smallest absolute Gasteiger partial charge is 0.228 e. The molecule has 0 aromatic rings. The van der Waals surface area contributed by atoms with E-state index in [1.54, 1.807) is 0 Å². The normalized spacial score (nSPS) is 35.9. The molecule has 1 amide bonds. The van der Waals surface area contributed by atoms with Gasteiger partial charge < -0.3 is 10.2 Å². The summed E-state index contributed by atoms with van der Waals surface area (Å²) in [6.45, 7) is 5.30. The minimum absolute atomic E-state index is 0.0683. The highest BCUT2D eigenvalue weighted by Gasteiger charge is 2.51. The second-order valence-electron chi connectivity index (χ2n) is 5.78. The molecular formula is C13H22N2O. The van der Waals surface area contributed by atoms with Crippen LogP contribution in [0.15, 0.2) is 0 Å². The second-order valence-corrected chi connectivity index (χ2v) is 5.78. The monoisotopic (exact) mass is 222 g/mol. The molecule has 90 valence electrons. The van der Waals surface area contributed by atoms with Crippen molar-refractivity contribution in [3.05, 3.63) is 0 Å². The number of likely N-dealkylation sites (tertiary alicyclic amines) is 1. The van der Waals surface area contributed by atoms with Crippen LogP contribution in [0.25, 0.3) is 0 Å². The Morgan fingerprint density at radius 1 is 1.44 bits per heavy atom. The highest BCUT2D eigenvalue weighted by atomic mass is 16.2. The molecule has 1 aliphatic carbocycles. The summed E-state index contributed by atoms with van der Waals surface area (Å²) in [7, 11) is 0. The lowest BCUT2D eigenvalue weighted by molar-refractivity contribution is -0.139. The van der Waals surface area contributed by atoms with Gasteiger partial charge in [-0.15, -0.1) is 0 Å². The largest absolute Gasteiger partial charge is 0.342 e. The van der Waals surface area contributed by atoms with Gasteiger partial charge in [-0.2, -0.15) is 0 Å². The third kappa shape index (κ3) is 1.56. The maximum atomic E-state index is 12.4. The van der Waals surface area contributed by atoms with Crippen LogP contribution >= 0.6 is 0 Å². The Hall–Kier alpha value is -0.570. The van der Waals surface area contributed by atoms with Crippen LogP contribution in [-0.2, 0) is 4.79 Å². The van der Waals surface area contributed by atoms with Crippen molar-refractivity contribution in [3.63, 3.8) is 0 Å². The maximum Gasteiger partial charge on any atom is 0.228 e. The lowest BCUT2D eigenvalue weighted by Gasteiger charge is -2.36. The van der Waals surface area contributed by atoms with Crippen molar-refractivity contribution >= 4 is 5.91 Å². The third-order valence-corrected chi connectivity index (χ3v) is 4.93. The number of hydrogen-bond acceptors (Lipinski definition) is 2. The Balaban J connectivity index is 1.65. The predicted octanol–water partition coefficient (Wildman–Crippen LogP) is 1.39. The van der Waals surface area contributed by atoms with Crippen molar-refractivity contribution in [2.75, 3.05) is 19.6 Å². The van der Waals surface area contributed by atoms with Crippen molar-refractivity contribution in [2.24, 2.45) is 11.3 Å². The third-order valence-electron chi connectivity index (χ3n) is 4.93. The molecule has 1 N–H and O–H groups in total. The molecule has 0 aromatic heterocycles. The molecule has 3 nitrogen and oxygen atoms in total. The fourth-order valence-corrected chi connectivity index (χ4v) is 3.44. The Morgan fingerprint density at radius 3 is 2.94 bits per heavy atom. The zero-order valence-corrected chi connectivity index (χ0v) is 10.2. The van der Waals surface area contributed by atoms with Crippen molar-refractivity contribution < 1.29 is 4.79 Å². The molecule has 16 heavy (non-hydrogen) atoms. The molecular weight excluding hydrogens is 200 g/mol. The van der Waals surface area contributed by atoms with Crippen molar-refractivity contribution in [1.82, 2.24) is 10.2 Å². The van der Waals surface area contributed by atoms with Gasteiger partial charge in [0.25, 0.3) is 0 Å². The fourth-order valence-electron chi connectivity index (χ4n) is 3.44.